The van der Waals surface area contributed by atoms with E-state index in [2.05, 4.69) is 18.2 Å². The highest BCUT2D eigenvalue weighted by Gasteiger charge is 2.26. The Morgan fingerprint density at radius 1 is 1.67 bits per heavy atom. The van der Waals surface area contributed by atoms with Crippen LogP contribution in [-0.2, 0) is 4.79 Å². The van der Waals surface area contributed by atoms with Crippen LogP contribution in [0, 0.1) is 0 Å². The van der Waals surface area contributed by atoms with E-state index in [1.54, 1.807) is 4.90 Å². The first-order valence-electron chi connectivity index (χ1n) is 4.80. The number of Topliss-reactive ketones (excluding diaryl/α,β-unsaturated/α-hetero) is 1. The summed E-state index contributed by atoms with van der Waals surface area (Å²) < 4.78 is 12.6. The maximum Gasteiger partial charge on any atom is 0.135 e. The summed E-state index contributed by atoms with van der Waals surface area (Å²) >= 11 is 0. The molecule has 1 fully saturated rings. The highest BCUT2D eigenvalue weighted by atomic mass is 19.1. The Balaban J connectivity index is 2.55. The minimum absolute atomic E-state index is 0.0217. The molecule has 0 saturated carbocycles. The number of rotatable bonds is 5. The van der Waals surface area contributed by atoms with Gasteiger partial charge in [0.05, 0.1) is 13.1 Å². The first-order valence-corrected chi connectivity index (χ1v) is 4.80. The molecule has 0 spiro atoms. The summed E-state index contributed by atoms with van der Waals surface area (Å²) in [5.41, 5.74) is 0.579. The summed E-state index contributed by atoms with van der Waals surface area (Å²) in [6, 6.07) is 0. The van der Waals surface area contributed by atoms with E-state index in [0.29, 0.717) is 24.6 Å². The van der Waals surface area contributed by atoms with Crippen LogP contribution in [-0.4, -0.2) is 35.7 Å². The van der Waals surface area contributed by atoms with Crippen LogP contribution >= 0.6 is 0 Å². The number of hydrogen-bond donors (Lipinski definition) is 0. The molecular formula is C11H15FN2O. The minimum Gasteiger partial charge on any atom is -0.351 e. The smallest absolute Gasteiger partial charge is 0.135 e. The lowest BCUT2D eigenvalue weighted by Gasteiger charge is -2.35. The molecule has 1 saturated heterocycles. The van der Waals surface area contributed by atoms with Crippen molar-refractivity contribution in [3.8, 4) is 0 Å². The normalized spacial score (nSPS) is 17.2. The lowest BCUT2D eigenvalue weighted by Crippen LogP contribution is -2.46. The van der Waals surface area contributed by atoms with Crippen LogP contribution in [0.5, 0.6) is 0 Å². The number of aliphatic imine (C=N–C) groups is 1. The Bertz CT molecular complexity index is 317. The average Bonchev–Trinajstić information content (AvgIpc) is 2.10. The van der Waals surface area contributed by atoms with E-state index in [-0.39, 0.29) is 12.2 Å². The first kappa shape index (κ1) is 11.6. The van der Waals surface area contributed by atoms with Gasteiger partial charge in [-0.15, -0.1) is 0 Å². The summed E-state index contributed by atoms with van der Waals surface area (Å²) in [4.78, 5) is 16.7. The molecule has 0 N–H and O–H groups in total. The number of nitrogens with zero attached hydrogens (tertiary/aromatic N) is 2. The van der Waals surface area contributed by atoms with Gasteiger partial charge in [0.15, 0.2) is 0 Å². The Hall–Kier alpha value is -1.45. The van der Waals surface area contributed by atoms with Gasteiger partial charge in [0.2, 0.25) is 0 Å². The molecule has 3 nitrogen and oxygen atoms in total. The van der Waals surface area contributed by atoms with Gasteiger partial charge in [0, 0.05) is 12.1 Å². The summed E-state index contributed by atoms with van der Waals surface area (Å²) in [6.07, 6.45) is 0.992. The van der Waals surface area contributed by atoms with E-state index in [4.69, 9.17) is 0 Å². The summed E-state index contributed by atoms with van der Waals surface area (Å²) in [6.45, 7) is 9.46. The highest BCUT2D eigenvalue weighted by molar-refractivity contribution is 6.07. The van der Waals surface area contributed by atoms with Crippen LogP contribution in [0.15, 0.2) is 30.0 Å². The van der Waals surface area contributed by atoms with E-state index in [0.717, 1.165) is 0 Å². The summed E-state index contributed by atoms with van der Waals surface area (Å²) in [5, 5.41) is 0. The van der Waals surface area contributed by atoms with Gasteiger partial charge < -0.3 is 4.90 Å². The number of alkyl halides is 1. The maximum absolute atomic E-state index is 12.6. The predicted octanol–water partition coefficient (Wildman–Crippen LogP) is 1.72. The molecule has 0 radical (unpaired) electrons. The number of ketones is 1. The van der Waals surface area contributed by atoms with Gasteiger partial charge in [-0.05, 0) is 13.0 Å². The van der Waals surface area contributed by atoms with Gasteiger partial charge in [-0.1, -0.05) is 13.2 Å². The molecule has 1 aliphatic rings. The van der Waals surface area contributed by atoms with Gasteiger partial charge in [0.1, 0.15) is 17.8 Å². The third kappa shape index (κ3) is 3.31. The fourth-order valence-electron chi connectivity index (χ4n) is 1.28. The van der Waals surface area contributed by atoms with Crippen LogP contribution in [0.2, 0.25) is 0 Å². The van der Waals surface area contributed by atoms with Crippen molar-refractivity contribution in [2.45, 2.75) is 19.5 Å². The van der Waals surface area contributed by atoms with Gasteiger partial charge in [-0.25, -0.2) is 9.38 Å². The molecule has 1 heterocycles. The number of likely N-dealkylation sites (tertiary alicyclic amines) is 1. The van der Waals surface area contributed by atoms with Crippen molar-refractivity contribution in [1.82, 2.24) is 4.90 Å². The van der Waals surface area contributed by atoms with Crippen LogP contribution in [0.1, 0.15) is 13.3 Å². The van der Waals surface area contributed by atoms with Crippen molar-refractivity contribution < 1.29 is 9.18 Å². The maximum atomic E-state index is 12.6. The van der Waals surface area contributed by atoms with Gasteiger partial charge in [0.25, 0.3) is 0 Å². The summed E-state index contributed by atoms with van der Waals surface area (Å²) in [7, 11) is 0. The molecule has 4 heteroatoms. The molecule has 0 bridgehead atoms. The standard InChI is InChI=1S/C11H15FN2O/c1-4-11(5-8(2)15)13-9(3)14-6-10(12)7-14/h4,10H,1,3,5-7H2,2H3/b13-11+. The van der Waals surface area contributed by atoms with Gasteiger partial charge >= 0.3 is 0 Å². The Kier molecular flexibility index (Phi) is 3.77. The number of carbonyl (C=O) groups excluding carboxylic acids is 1. The predicted molar refractivity (Wildman–Crippen MR) is 58.5 cm³/mol. The Morgan fingerprint density at radius 2 is 2.27 bits per heavy atom. The molecule has 0 amide bonds. The van der Waals surface area contributed by atoms with Crippen molar-refractivity contribution in [2.24, 2.45) is 4.99 Å². The second-order valence-corrected chi connectivity index (χ2v) is 3.60. The van der Waals surface area contributed by atoms with Crippen LogP contribution < -0.4 is 0 Å². The van der Waals surface area contributed by atoms with E-state index in [9.17, 15) is 9.18 Å². The topological polar surface area (TPSA) is 32.7 Å². The third-order valence-electron chi connectivity index (χ3n) is 2.14. The molecule has 0 aromatic rings. The molecule has 1 aliphatic heterocycles. The SMILES string of the molecule is C=C/C(CC(C)=O)=N\C(=C)N1CC(F)C1. The molecule has 15 heavy (non-hydrogen) atoms. The van der Waals surface area contributed by atoms with Crippen molar-refractivity contribution in [1.29, 1.82) is 0 Å². The second-order valence-electron chi connectivity index (χ2n) is 3.60. The molecule has 0 unspecified atom stereocenters. The van der Waals surface area contributed by atoms with E-state index in [1.807, 2.05) is 0 Å². The van der Waals surface area contributed by atoms with Crippen LogP contribution in [0.3, 0.4) is 0 Å². The zero-order chi connectivity index (χ0) is 11.4. The van der Waals surface area contributed by atoms with E-state index >= 15 is 0 Å². The van der Waals surface area contributed by atoms with Crippen molar-refractivity contribution in [3.63, 3.8) is 0 Å². The molecular weight excluding hydrogens is 195 g/mol. The van der Waals surface area contributed by atoms with Crippen molar-refractivity contribution >= 4 is 11.5 Å². The second kappa shape index (κ2) is 4.87. The van der Waals surface area contributed by atoms with Crippen LogP contribution in [0.4, 0.5) is 4.39 Å². The number of hydrogen-bond acceptors (Lipinski definition) is 3. The molecule has 0 aromatic heterocycles. The minimum atomic E-state index is -0.781. The average molecular weight is 210 g/mol. The molecule has 0 atom stereocenters. The first-order chi connectivity index (χ1) is 7.02. The van der Waals surface area contributed by atoms with E-state index in [1.165, 1.54) is 13.0 Å². The van der Waals surface area contributed by atoms with Gasteiger partial charge in [-0.3, -0.25) is 4.79 Å². The largest absolute Gasteiger partial charge is 0.351 e. The third-order valence-corrected chi connectivity index (χ3v) is 2.14. The Morgan fingerprint density at radius 3 is 2.67 bits per heavy atom. The quantitative estimate of drug-likeness (QED) is 0.647. The number of carbonyl (C=O) groups is 1. The van der Waals surface area contributed by atoms with Crippen molar-refractivity contribution in [3.05, 3.63) is 25.1 Å². The number of allylic oxidation sites excluding steroid dienone is 1. The zero-order valence-electron chi connectivity index (χ0n) is 8.87. The number of halogens is 1. The zero-order valence-corrected chi connectivity index (χ0v) is 8.87. The highest BCUT2D eigenvalue weighted by Crippen LogP contribution is 2.17. The molecule has 0 aliphatic carbocycles. The fraction of sp³-hybridized carbons (Fsp3) is 0.455. The van der Waals surface area contributed by atoms with E-state index < -0.39 is 6.17 Å². The Labute approximate surface area is 89.0 Å². The fourth-order valence-corrected chi connectivity index (χ4v) is 1.28. The monoisotopic (exact) mass is 210 g/mol. The van der Waals surface area contributed by atoms with Gasteiger partial charge in [-0.2, -0.15) is 0 Å². The van der Waals surface area contributed by atoms with Crippen LogP contribution in [0.25, 0.3) is 0 Å². The lowest BCUT2D eigenvalue weighted by atomic mass is 10.2. The lowest BCUT2D eigenvalue weighted by molar-refractivity contribution is -0.115. The van der Waals surface area contributed by atoms with Crippen molar-refractivity contribution in [2.75, 3.05) is 13.1 Å². The summed E-state index contributed by atoms with van der Waals surface area (Å²) in [5.74, 6) is 0.522. The molecule has 82 valence electrons. The molecule has 0 aromatic carbocycles. The molecule has 1 rings (SSSR count).